The van der Waals surface area contributed by atoms with Crippen LogP contribution in [0.15, 0.2) is 0 Å². The van der Waals surface area contributed by atoms with Crippen molar-refractivity contribution in [3.05, 3.63) is 0 Å². The predicted octanol–water partition coefficient (Wildman–Crippen LogP) is 1.23. The number of ether oxygens (including phenoxy) is 1. The second-order valence-corrected chi connectivity index (χ2v) is 5.16. The standard InChI is InChI=1S/C11H21NO2/c1-11(2,3)8-5-9(12-6-8)10(13)7-14-4/h8-9,12H,5-7H2,1-4H3. The zero-order chi connectivity index (χ0) is 10.8. The van der Waals surface area contributed by atoms with E-state index in [0.717, 1.165) is 13.0 Å². The van der Waals surface area contributed by atoms with Crippen molar-refractivity contribution in [1.82, 2.24) is 5.32 Å². The molecule has 1 rings (SSSR count). The van der Waals surface area contributed by atoms with Gasteiger partial charge in [0.05, 0.1) is 6.04 Å². The van der Waals surface area contributed by atoms with E-state index in [1.807, 2.05) is 0 Å². The van der Waals surface area contributed by atoms with Crippen molar-refractivity contribution in [3.8, 4) is 0 Å². The van der Waals surface area contributed by atoms with Crippen molar-refractivity contribution >= 4 is 5.78 Å². The Morgan fingerprint density at radius 3 is 2.57 bits per heavy atom. The maximum Gasteiger partial charge on any atom is 0.175 e. The third-order valence-corrected chi connectivity index (χ3v) is 3.03. The molecule has 2 unspecified atom stereocenters. The average molecular weight is 199 g/mol. The highest BCUT2D eigenvalue weighted by atomic mass is 16.5. The van der Waals surface area contributed by atoms with Crippen LogP contribution in [0.25, 0.3) is 0 Å². The number of Topliss-reactive ketones (excluding diaryl/α,β-unsaturated/α-hetero) is 1. The number of carbonyl (C=O) groups is 1. The van der Waals surface area contributed by atoms with E-state index < -0.39 is 0 Å². The maximum atomic E-state index is 11.5. The Hall–Kier alpha value is -0.410. The Bertz CT molecular complexity index is 208. The molecule has 1 saturated heterocycles. The summed E-state index contributed by atoms with van der Waals surface area (Å²) in [7, 11) is 1.56. The fourth-order valence-electron chi connectivity index (χ4n) is 1.88. The van der Waals surface area contributed by atoms with Crippen molar-refractivity contribution in [1.29, 1.82) is 0 Å². The SMILES string of the molecule is COCC(=O)C1CC(C(C)(C)C)CN1. The smallest absolute Gasteiger partial charge is 0.175 e. The third-order valence-electron chi connectivity index (χ3n) is 3.03. The number of nitrogens with one attached hydrogen (secondary N) is 1. The van der Waals surface area contributed by atoms with Crippen LogP contribution in [-0.2, 0) is 9.53 Å². The first-order valence-corrected chi connectivity index (χ1v) is 5.20. The first-order valence-electron chi connectivity index (χ1n) is 5.20. The molecule has 0 saturated carbocycles. The topological polar surface area (TPSA) is 38.3 Å². The summed E-state index contributed by atoms with van der Waals surface area (Å²) < 4.78 is 4.85. The zero-order valence-corrected chi connectivity index (χ0v) is 9.59. The molecule has 1 aliphatic heterocycles. The summed E-state index contributed by atoms with van der Waals surface area (Å²) in [5.74, 6) is 0.771. The molecule has 0 aromatic carbocycles. The molecule has 0 radical (unpaired) electrons. The highest BCUT2D eigenvalue weighted by Crippen LogP contribution is 2.32. The lowest BCUT2D eigenvalue weighted by Gasteiger charge is -2.25. The van der Waals surface area contributed by atoms with E-state index in [-0.39, 0.29) is 23.8 Å². The van der Waals surface area contributed by atoms with Crippen molar-refractivity contribution in [2.24, 2.45) is 11.3 Å². The molecule has 2 atom stereocenters. The number of hydrogen-bond donors (Lipinski definition) is 1. The molecule has 1 N–H and O–H groups in total. The van der Waals surface area contributed by atoms with E-state index in [9.17, 15) is 4.79 Å². The summed E-state index contributed by atoms with van der Waals surface area (Å²) in [6.45, 7) is 7.85. The second kappa shape index (κ2) is 4.41. The van der Waals surface area contributed by atoms with Crippen LogP contribution >= 0.6 is 0 Å². The van der Waals surface area contributed by atoms with E-state index in [1.54, 1.807) is 7.11 Å². The van der Waals surface area contributed by atoms with Gasteiger partial charge in [-0.05, 0) is 24.3 Å². The van der Waals surface area contributed by atoms with Crippen molar-refractivity contribution < 1.29 is 9.53 Å². The fourth-order valence-corrected chi connectivity index (χ4v) is 1.88. The van der Waals surface area contributed by atoms with Crippen LogP contribution in [0.1, 0.15) is 27.2 Å². The van der Waals surface area contributed by atoms with Crippen LogP contribution in [0, 0.1) is 11.3 Å². The highest BCUT2D eigenvalue weighted by Gasteiger charge is 2.35. The lowest BCUT2D eigenvalue weighted by molar-refractivity contribution is -0.124. The van der Waals surface area contributed by atoms with Gasteiger partial charge in [-0.3, -0.25) is 4.79 Å². The Labute approximate surface area is 86.2 Å². The van der Waals surface area contributed by atoms with Crippen LogP contribution < -0.4 is 5.32 Å². The van der Waals surface area contributed by atoms with E-state index in [0.29, 0.717) is 5.92 Å². The summed E-state index contributed by atoms with van der Waals surface area (Å²) in [4.78, 5) is 11.5. The Kier molecular flexibility index (Phi) is 3.67. The van der Waals surface area contributed by atoms with Gasteiger partial charge in [0.25, 0.3) is 0 Å². The van der Waals surface area contributed by atoms with Crippen LogP contribution in [0.4, 0.5) is 0 Å². The molecule has 0 aromatic heterocycles. The molecule has 3 heteroatoms. The van der Waals surface area contributed by atoms with Gasteiger partial charge in [-0.25, -0.2) is 0 Å². The van der Waals surface area contributed by atoms with E-state index >= 15 is 0 Å². The lowest BCUT2D eigenvalue weighted by atomic mass is 9.79. The summed E-state index contributed by atoms with van der Waals surface area (Å²) in [6, 6.07) is 0.0131. The number of ketones is 1. The lowest BCUT2D eigenvalue weighted by Crippen LogP contribution is -2.33. The molecule has 1 aliphatic rings. The minimum Gasteiger partial charge on any atom is -0.377 e. The Morgan fingerprint density at radius 1 is 1.50 bits per heavy atom. The second-order valence-electron chi connectivity index (χ2n) is 5.16. The van der Waals surface area contributed by atoms with Crippen LogP contribution in [0.5, 0.6) is 0 Å². The largest absolute Gasteiger partial charge is 0.377 e. The molecule has 1 fully saturated rings. The van der Waals surface area contributed by atoms with Gasteiger partial charge in [-0.15, -0.1) is 0 Å². The molecular formula is C11H21NO2. The van der Waals surface area contributed by atoms with Gasteiger partial charge in [-0.2, -0.15) is 0 Å². The summed E-state index contributed by atoms with van der Waals surface area (Å²) in [5.41, 5.74) is 0.287. The van der Waals surface area contributed by atoms with Crippen molar-refractivity contribution in [2.75, 3.05) is 20.3 Å². The van der Waals surface area contributed by atoms with E-state index in [2.05, 4.69) is 26.1 Å². The molecule has 82 valence electrons. The highest BCUT2D eigenvalue weighted by molar-refractivity contribution is 5.85. The first kappa shape index (κ1) is 11.7. The van der Waals surface area contributed by atoms with Gasteiger partial charge in [0.15, 0.2) is 5.78 Å². The Morgan fingerprint density at radius 2 is 2.14 bits per heavy atom. The van der Waals surface area contributed by atoms with E-state index in [4.69, 9.17) is 4.74 Å². The Balaban J connectivity index is 2.45. The zero-order valence-electron chi connectivity index (χ0n) is 9.59. The van der Waals surface area contributed by atoms with Crippen LogP contribution in [0.2, 0.25) is 0 Å². The average Bonchev–Trinajstić information content (AvgIpc) is 2.51. The molecular weight excluding hydrogens is 178 g/mol. The minimum atomic E-state index is 0.0131. The third kappa shape index (κ3) is 2.79. The molecule has 0 aliphatic carbocycles. The van der Waals surface area contributed by atoms with Crippen molar-refractivity contribution in [2.45, 2.75) is 33.2 Å². The number of rotatable bonds is 3. The van der Waals surface area contributed by atoms with Gasteiger partial charge < -0.3 is 10.1 Å². The molecule has 3 nitrogen and oxygen atoms in total. The summed E-state index contributed by atoms with van der Waals surface area (Å²) in [6.07, 6.45) is 0.950. The van der Waals surface area contributed by atoms with Crippen molar-refractivity contribution in [3.63, 3.8) is 0 Å². The molecule has 14 heavy (non-hydrogen) atoms. The number of carbonyl (C=O) groups excluding carboxylic acids is 1. The quantitative estimate of drug-likeness (QED) is 0.743. The van der Waals surface area contributed by atoms with Gasteiger partial charge in [0.1, 0.15) is 6.61 Å². The molecule has 0 bridgehead atoms. The fraction of sp³-hybridized carbons (Fsp3) is 0.909. The van der Waals surface area contributed by atoms with Gasteiger partial charge >= 0.3 is 0 Å². The van der Waals surface area contributed by atoms with Crippen LogP contribution in [-0.4, -0.2) is 32.1 Å². The normalized spacial score (nSPS) is 28.0. The maximum absolute atomic E-state index is 11.5. The summed E-state index contributed by atoms with van der Waals surface area (Å²) in [5, 5.41) is 3.27. The van der Waals surface area contributed by atoms with E-state index in [1.165, 1.54) is 0 Å². The summed E-state index contributed by atoms with van der Waals surface area (Å²) >= 11 is 0. The number of methoxy groups -OCH3 is 1. The first-order chi connectivity index (χ1) is 6.45. The molecule has 0 aromatic rings. The van der Waals surface area contributed by atoms with Gasteiger partial charge in [0.2, 0.25) is 0 Å². The molecule has 0 amide bonds. The van der Waals surface area contributed by atoms with Gasteiger partial charge in [0, 0.05) is 7.11 Å². The molecule has 0 spiro atoms. The monoisotopic (exact) mass is 199 g/mol. The van der Waals surface area contributed by atoms with Crippen LogP contribution in [0.3, 0.4) is 0 Å². The van der Waals surface area contributed by atoms with Gasteiger partial charge in [-0.1, -0.05) is 20.8 Å². The predicted molar refractivity (Wildman–Crippen MR) is 56.2 cm³/mol. The minimum absolute atomic E-state index is 0.0131. The number of hydrogen-bond acceptors (Lipinski definition) is 3. The molecule has 1 heterocycles.